The largest absolute Gasteiger partial charge is 0.488 e. The van der Waals surface area contributed by atoms with Crippen LogP contribution in [-0.4, -0.2) is 26.9 Å². The summed E-state index contributed by atoms with van der Waals surface area (Å²) in [6, 6.07) is 2.02. The molecule has 0 aliphatic carbocycles. The van der Waals surface area contributed by atoms with Gasteiger partial charge in [-0.2, -0.15) is 5.10 Å². The van der Waals surface area contributed by atoms with E-state index in [0.717, 1.165) is 24.2 Å². The number of aromatic amines is 1. The molecule has 0 aliphatic rings. The lowest BCUT2D eigenvalue weighted by Gasteiger charge is -2.08. The highest BCUT2D eigenvalue weighted by Crippen LogP contribution is 2.17. The molecule has 2 rings (SSSR count). The molecule has 0 spiro atoms. The predicted octanol–water partition coefficient (Wildman–Crippen LogP) is 1.09. The van der Waals surface area contributed by atoms with Crippen molar-refractivity contribution >= 4 is 0 Å². The van der Waals surface area contributed by atoms with Crippen LogP contribution in [0.3, 0.4) is 0 Å². The van der Waals surface area contributed by atoms with Crippen molar-refractivity contribution in [3.05, 3.63) is 34.1 Å². The van der Waals surface area contributed by atoms with Gasteiger partial charge in [-0.25, -0.2) is 9.67 Å². The zero-order valence-electron chi connectivity index (χ0n) is 10.7. The molecule has 0 atom stereocenters. The molecular weight excluding hydrogens is 232 g/mol. The van der Waals surface area contributed by atoms with Gasteiger partial charge in [0.1, 0.15) is 0 Å². The third-order valence-corrected chi connectivity index (χ3v) is 2.75. The molecule has 0 bridgehead atoms. The average molecular weight is 248 g/mol. The number of nitrogens with zero attached hydrogens (tertiary/aromatic N) is 3. The highest BCUT2D eigenvalue weighted by Gasteiger charge is 2.15. The van der Waals surface area contributed by atoms with Crippen LogP contribution in [0.5, 0.6) is 5.75 Å². The van der Waals surface area contributed by atoms with E-state index in [1.165, 1.54) is 13.4 Å². The Hall–Kier alpha value is -2.11. The quantitative estimate of drug-likeness (QED) is 0.879. The monoisotopic (exact) mass is 248 g/mol. The summed E-state index contributed by atoms with van der Waals surface area (Å²) < 4.78 is 6.78. The molecule has 0 fully saturated rings. The van der Waals surface area contributed by atoms with Crippen LogP contribution in [0.15, 0.2) is 17.2 Å². The second-order valence-electron chi connectivity index (χ2n) is 3.83. The van der Waals surface area contributed by atoms with Crippen molar-refractivity contribution in [2.24, 2.45) is 0 Å². The zero-order chi connectivity index (χ0) is 13.1. The second kappa shape index (κ2) is 5.03. The van der Waals surface area contributed by atoms with Gasteiger partial charge < -0.3 is 9.72 Å². The molecule has 1 N–H and O–H groups in total. The highest BCUT2D eigenvalue weighted by molar-refractivity contribution is 5.39. The van der Waals surface area contributed by atoms with Crippen molar-refractivity contribution in [3.63, 3.8) is 0 Å². The summed E-state index contributed by atoms with van der Waals surface area (Å²) >= 11 is 0. The molecule has 0 amide bonds. The third kappa shape index (κ3) is 2.01. The molecular formula is C12H16N4O2. The lowest BCUT2D eigenvalue weighted by Crippen LogP contribution is -2.16. The van der Waals surface area contributed by atoms with E-state index in [0.29, 0.717) is 5.82 Å². The van der Waals surface area contributed by atoms with Crippen LogP contribution in [-0.2, 0) is 12.8 Å². The summed E-state index contributed by atoms with van der Waals surface area (Å²) in [5, 5.41) is 4.44. The van der Waals surface area contributed by atoms with Gasteiger partial charge in [-0.3, -0.25) is 4.79 Å². The number of aromatic nitrogens is 4. The maximum absolute atomic E-state index is 11.7. The maximum atomic E-state index is 11.7. The first kappa shape index (κ1) is 12.3. The lowest BCUT2D eigenvalue weighted by atomic mass is 10.2. The average Bonchev–Trinajstić information content (AvgIpc) is 2.81. The van der Waals surface area contributed by atoms with Crippen LogP contribution in [0.2, 0.25) is 0 Å². The Labute approximate surface area is 105 Å². The van der Waals surface area contributed by atoms with Gasteiger partial charge in [0.05, 0.1) is 19.1 Å². The summed E-state index contributed by atoms with van der Waals surface area (Å²) in [6.07, 6.45) is 3.00. The van der Waals surface area contributed by atoms with E-state index in [2.05, 4.69) is 15.1 Å². The van der Waals surface area contributed by atoms with E-state index in [1.54, 1.807) is 4.68 Å². The molecule has 0 aromatic carbocycles. The minimum absolute atomic E-state index is 0.179. The van der Waals surface area contributed by atoms with Crippen molar-refractivity contribution in [2.75, 3.05) is 7.11 Å². The smallest absolute Gasteiger partial charge is 0.295 e. The summed E-state index contributed by atoms with van der Waals surface area (Å²) in [5.74, 6) is 0.607. The van der Waals surface area contributed by atoms with Crippen LogP contribution in [0.4, 0.5) is 0 Å². The Morgan fingerprint density at radius 2 is 2.17 bits per heavy atom. The molecule has 0 aliphatic heterocycles. The number of H-pyrrole nitrogens is 1. The van der Waals surface area contributed by atoms with Crippen LogP contribution in [0.1, 0.15) is 25.2 Å². The van der Waals surface area contributed by atoms with Crippen molar-refractivity contribution in [1.82, 2.24) is 19.7 Å². The van der Waals surface area contributed by atoms with E-state index < -0.39 is 0 Å². The standard InChI is InChI=1S/C12H16N4O2/c1-4-8-6-9(5-2)16(15-8)11-10(18-3)12(17)14-7-13-11/h6-7H,4-5H2,1-3H3,(H,13,14,17). The Bertz CT molecular complexity index is 600. The Morgan fingerprint density at radius 3 is 2.78 bits per heavy atom. The van der Waals surface area contributed by atoms with Crippen molar-refractivity contribution in [3.8, 4) is 11.6 Å². The van der Waals surface area contributed by atoms with Crippen molar-refractivity contribution < 1.29 is 4.74 Å². The molecule has 0 saturated carbocycles. The minimum atomic E-state index is -0.307. The topological polar surface area (TPSA) is 72.8 Å². The molecule has 0 unspecified atom stereocenters. The number of hydrogen-bond donors (Lipinski definition) is 1. The Kier molecular flexibility index (Phi) is 3.45. The molecule has 2 heterocycles. The highest BCUT2D eigenvalue weighted by atomic mass is 16.5. The number of nitrogens with one attached hydrogen (secondary N) is 1. The summed E-state index contributed by atoms with van der Waals surface area (Å²) in [4.78, 5) is 18.3. The SMILES string of the molecule is CCc1cc(CC)n(-c2nc[nH]c(=O)c2OC)n1. The summed E-state index contributed by atoms with van der Waals surface area (Å²) in [6.45, 7) is 4.07. The van der Waals surface area contributed by atoms with Gasteiger partial charge in [0.25, 0.3) is 5.56 Å². The van der Waals surface area contributed by atoms with Gasteiger partial charge in [-0.15, -0.1) is 0 Å². The van der Waals surface area contributed by atoms with Crippen LogP contribution in [0, 0.1) is 0 Å². The normalized spacial score (nSPS) is 10.6. The molecule has 18 heavy (non-hydrogen) atoms. The second-order valence-corrected chi connectivity index (χ2v) is 3.83. The van der Waals surface area contributed by atoms with E-state index in [4.69, 9.17) is 4.74 Å². The van der Waals surface area contributed by atoms with Crippen LogP contribution >= 0.6 is 0 Å². The van der Waals surface area contributed by atoms with Gasteiger partial charge in [-0.1, -0.05) is 13.8 Å². The number of hydrogen-bond acceptors (Lipinski definition) is 4. The van der Waals surface area contributed by atoms with Gasteiger partial charge in [0.2, 0.25) is 11.6 Å². The molecule has 6 heteroatoms. The number of methoxy groups -OCH3 is 1. The molecule has 2 aromatic rings. The van der Waals surface area contributed by atoms with E-state index in [1.807, 2.05) is 19.9 Å². The van der Waals surface area contributed by atoms with Gasteiger partial charge in [-0.05, 0) is 18.9 Å². The molecule has 2 aromatic heterocycles. The van der Waals surface area contributed by atoms with E-state index >= 15 is 0 Å². The first-order valence-electron chi connectivity index (χ1n) is 5.91. The van der Waals surface area contributed by atoms with Gasteiger partial charge in [0, 0.05) is 5.69 Å². The van der Waals surface area contributed by atoms with Crippen LogP contribution in [0.25, 0.3) is 5.82 Å². The predicted molar refractivity (Wildman–Crippen MR) is 67.3 cm³/mol. The third-order valence-electron chi connectivity index (χ3n) is 2.75. The molecule has 0 saturated heterocycles. The number of aryl methyl sites for hydroxylation is 2. The summed E-state index contributed by atoms with van der Waals surface area (Å²) in [7, 11) is 1.45. The van der Waals surface area contributed by atoms with Gasteiger partial charge >= 0.3 is 0 Å². The summed E-state index contributed by atoms with van der Waals surface area (Å²) in [5.41, 5.74) is 1.66. The van der Waals surface area contributed by atoms with Crippen LogP contribution < -0.4 is 10.3 Å². The van der Waals surface area contributed by atoms with Crippen molar-refractivity contribution in [1.29, 1.82) is 0 Å². The number of ether oxygens (including phenoxy) is 1. The fourth-order valence-electron chi connectivity index (χ4n) is 1.80. The first-order chi connectivity index (χ1) is 8.71. The minimum Gasteiger partial charge on any atom is -0.488 e. The first-order valence-corrected chi connectivity index (χ1v) is 5.91. The fourth-order valence-corrected chi connectivity index (χ4v) is 1.80. The molecule has 96 valence electrons. The lowest BCUT2D eigenvalue weighted by molar-refractivity contribution is 0.401. The number of rotatable bonds is 4. The Balaban J connectivity index is 2.64. The van der Waals surface area contributed by atoms with Crippen molar-refractivity contribution in [2.45, 2.75) is 26.7 Å². The zero-order valence-corrected chi connectivity index (χ0v) is 10.7. The van der Waals surface area contributed by atoms with E-state index in [-0.39, 0.29) is 11.3 Å². The van der Waals surface area contributed by atoms with E-state index in [9.17, 15) is 4.79 Å². The maximum Gasteiger partial charge on any atom is 0.295 e. The van der Waals surface area contributed by atoms with Gasteiger partial charge in [0.15, 0.2) is 0 Å². The fraction of sp³-hybridized carbons (Fsp3) is 0.417. The molecule has 6 nitrogen and oxygen atoms in total. The Morgan fingerprint density at radius 1 is 1.39 bits per heavy atom. The molecule has 0 radical (unpaired) electrons.